The third-order valence-electron chi connectivity index (χ3n) is 11.8. The number of hydrogen-bond acceptors (Lipinski definition) is 1. The van der Waals surface area contributed by atoms with Crippen LogP contribution in [-0.2, 0) is 0 Å². The van der Waals surface area contributed by atoms with Gasteiger partial charge in [-0.3, -0.25) is 0 Å². The predicted molar refractivity (Wildman–Crippen MR) is 255 cm³/mol. The molecule has 0 atom stereocenters. The summed E-state index contributed by atoms with van der Waals surface area (Å²) in [7, 11) is 0. The van der Waals surface area contributed by atoms with Crippen molar-refractivity contribution in [3.63, 3.8) is 0 Å². The van der Waals surface area contributed by atoms with E-state index >= 15 is 0 Å². The number of rotatable bonds is 8. The average molecular weight is 765 g/mol. The molecule has 0 aliphatic rings. The third-order valence-corrected chi connectivity index (χ3v) is 11.8. The highest BCUT2D eigenvalue weighted by molar-refractivity contribution is 6.18. The fraction of sp³-hybridized carbons (Fsp3) is 0. The van der Waals surface area contributed by atoms with Crippen LogP contribution in [0.25, 0.3) is 82.8 Å². The van der Waals surface area contributed by atoms with Crippen LogP contribution in [0.2, 0.25) is 0 Å². The van der Waals surface area contributed by atoms with Crippen molar-refractivity contribution in [2.75, 3.05) is 4.90 Å². The maximum absolute atomic E-state index is 2.42. The highest BCUT2D eigenvalue weighted by Crippen LogP contribution is 2.41. The van der Waals surface area contributed by atoms with Gasteiger partial charge in [-0.25, -0.2) is 0 Å². The van der Waals surface area contributed by atoms with Gasteiger partial charge >= 0.3 is 0 Å². The summed E-state index contributed by atoms with van der Waals surface area (Å²) in [5.41, 5.74) is 16.4. The fourth-order valence-corrected chi connectivity index (χ4v) is 8.82. The van der Waals surface area contributed by atoms with E-state index in [0.717, 1.165) is 22.7 Å². The Morgan fingerprint density at radius 2 is 0.717 bits per heavy atom. The molecule has 11 rings (SSSR count). The molecule has 0 saturated carbocycles. The van der Waals surface area contributed by atoms with Gasteiger partial charge in [0.15, 0.2) is 0 Å². The van der Waals surface area contributed by atoms with Crippen LogP contribution in [0, 0.1) is 0 Å². The van der Waals surface area contributed by atoms with Crippen molar-refractivity contribution in [1.82, 2.24) is 4.57 Å². The first kappa shape index (κ1) is 35.2. The molecule has 0 amide bonds. The molecule has 0 radical (unpaired) electrons. The molecule has 0 unspecified atom stereocenters. The van der Waals surface area contributed by atoms with Crippen LogP contribution >= 0.6 is 0 Å². The van der Waals surface area contributed by atoms with Gasteiger partial charge in [0.2, 0.25) is 0 Å². The van der Waals surface area contributed by atoms with E-state index in [2.05, 4.69) is 252 Å². The molecule has 0 bridgehead atoms. The third kappa shape index (κ3) is 6.41. The Kier molecular flexibility index (Phi) is 8.87. The van der Waals surface area contributed by atoms with E-state index in [9.17, 15) is 0 Å². The van der Waals surface area contributed by atoms with Crippen LogP contribution < -0.4 is 4.90 Å². The van der Waals surface area contributed by atoms with Gasteiger partial charge in [0.1, 0.15) is 0 Å². The number of nitrogens with zero attached hydrogens (tertiary/aromatic N) is 2. The van der Waals surface area contributed by atoms with Gasteiger partial charge in [0, 0.05) is 38.9 Å². The van der Waals surface area contributed by atoms with Crippen molar-refractivity contribution < 1.29 is 0 Å². The molecule has 0 N–H and O–H groups in total. The smallest absolute Gasteiger partial charge is 0.0619 e. The Hall–Kier alpha value is -7.94. The number of aromatic nitrogens is 1. The van der Waals surface area contributed by atoms with E-state index in [-0.39, 0.29) is 0 Å². The second-order valence-electron chi connectivity index (χ2n) is 15.4. The maximum atomic E-state index is 2.42. The number of anilines is 3. The molecule has 2 nitrogen and oxygen atoms in total. The van der Waals surface area contributed by atoms with Crippen molar-refractivity contribution >= 4 is 49.6 Å². The van der Waals surface area contributed by atoms with Crippen molar-refractivity contribution in [1.29, 1.82) is 0 Å². The number of hydrogen-bond donors (Lipinski definition) is 0. The summed E-state index contributed by atoms with van der Waals surface area (Å²) in [6, 6.07) is 87.7. The fourth-order valence-electron chi connectivity index (χ4n) is 8.82. The molecular weight excluding hydrogens is 725 g/mol. The molecule has 0 aliphatic heterocycles. The summed E-state index contributed by atoms with van der Waals surface area (Å²) in [6.07, 6.45) is 0. The van der Waals surface area contributed by atoms with Crippen LogP contribution in [0.3, 0.4) is 0 Å². The second kappa shape index (κ2) is 15.1. The Balaban J connectivity index is 0.912. The second-order valence-corrected chi connectivity index (χ2v) is 15.4. The quantitative estimate of drug-likeness (QED) is 0.150. The first-order valence-corrected chi connectivity index (χ1v) is 20.6. The minimum absolute atomic E-state index is 1.10. The van der Waals surface area contributed by atoms with Gasteiger partial charge in [0.05, 0.1) is 11.0 Å². The lowest BCUT2D eigenvalue weighted by atomic mass is 9.97. The lowest BCUT2D eigenvalue weighted by molar-refractivity contribution is 1.19. The number of benzene rings is 10. The molecule has 0 aliphatic carbocycles. The molecular formula is C58H40N2. The van der Waals surface area contributed by atoms with Crippen LogP contribution in [0.5, 0.6) is 0 Å². The summed E-state index contributed by atoms with van der Waals surface area (Å²) in [5.74, 6) is 0. The lowest BCUT2D eigenvalue weighted by Crippen LogP contribution is -2.10. The molecule has 0 saturated heterocycles. The molecule has 1 aromatic heterocycles. The van der Waals surface area contributed by atoms with Gasteiger partial charge in [-0.2, -0.15) is 0 Å². The molecule has 2 heteroatoms. The summed E-state index contributed by atoms with van der Waals surface area (Å²) in [5, 5.41) is 5.06. The van der Waals surface area contributed by atoms with Crippen molar-refractivity contribution in [2.24, 2.45) is 0 Å². The summed E-state index contributed by atoms with van der Waals surface area (Å²) < 4.78 is 2.42. The molecule has 0 fully saturated rings. The van der Waals surface area contributed by atoms with E-state index < -0.39 is 0 Å². The van der Waals surface area contributed by atoms with Crippen LogP contribution in [0.1, 0.15) is 0 Å². The molecule has 282 valence electrons. The summed E-state index contributed by atoms with van der Waals surface area (Å²) >= 11 is 0. The van der Waals surface area contributed by atoms with E-state index in [1.807, 2.05) is 0 Å². The monoisotopic (exact) mass is 764 g/mol. The Morgan fingerprint density at radius 3 is 1.32 bits per heavy atom. The zero-order chi connectivity index (χ0) is 39.8. The number of fused-ring (bicyclic) bond motifs is 5. The summed E-state index contributed by atoms with van der Waals surface area (Å²) in [6.45, 7) is 0. The van der Waals surface area contributed by atoms with E-state index in [0.29, 0.717) is 0 Å². The lowest BCUT2D eigenvalue weighted by Gasteiger charge is -2.27. The van der Waals surface area contributed by atoms with Crippen molar-refractivity contribution in [2.45, 2.75) is 0 Å². The first-order valence-electron chi connectivity index (χ1n) is 20.6. The molecule has 60 heavy (non-hydrogen) atoms. The van der Waals surface area contributed by atoms with Gasteiger partial charge < -0.3 is 9.47 Å². The molecule has 0 spiro atoms. The molecule has 11 aromatic rings. The molecule has 10 aromatic carbocycles. The zero-order valence-electron chi connectivity index (χ0n) is 33.0. The van der Waals surface area contributed by atoms with E-state index in [1.54, 1.807) is 0 Å². The minimum Gasteiger partial charge on any atom is -0.310 e. The topological polar surface area (TPSA) is 8.17 Å². The minimum atomic E-state index is 1.10. The number of para-hydroxylation sites is 2. The SMILES string of the molecule is c1ccc(-c2cc(-c3ccccc3)cc(N(c3ccccc3)c3ccc(-c4ccc(-c5ccc(-n6c7ccccc7c7ccc8ccccc8c76)cc5)cc4)cc3)c2)cc1. The van der Waals surface area contributed by atoms with E-state index in [1.165, 1.54) is 77.1 Å². The zero-order valence-corrected chi connectivity index (χ0v) is 33.0. The van der Waals surface area contributed by atoms with Crippen molar-refractivity contribution in [3.05, 3.63) is 243 Å². The first-order chi connectivity index (χ1) is 29.7. The molecule has 1 heterocycles. The predicted octanol–water partition coefficient (Wildman–Crippen LogP) is 16.1. The van der Waals surface area contributed by atoms with Gasteiger partial charge in [-0.05, 0) is 111 Å². The maximum Gasteiger partial charge on any atom is 0.0619 e. The Morgan fingerprint density at radius 1 is 0.267 bits per heavy atom. The normalized spacial score (nSPS) is 11.3. The summed E-state index contributed by atoms with van der Waals surface area (Å²) in [4.78, 5) is 2.36. The van der Waals surface area contributed by atoms with Gasteiger partial charge in [-0.1, -0.05) is 182 Å². The van der Waals surface area contributed by atoms with Gasteiger partial charge in [-0.15, -0.1) is 0 Å². The van der Waals surface area contributed by atoms with Gasteiger partial charge in [0.25, 0.3) is 0 Å². The highest BCUT2D eigenvalue weighted by atomic mass is 15.1. The Bertz CT molecular complexity index is 3200. The van der Waals surface area contributed by atoms with Crippen LogP contribution in [0.15, 0.2) is 243 Å². The van der Waals surface area contributed by atoms with E-state index in [4.69, 9.17) is 0 Å². The standard InChI is InChI=1S/C58H40N2/c1-4-14-41(15-5-1)48-38-49(42-16-6-2-7-17-42)40-53(39-48)59(50-19-8-3-9-20-50)51-33-28-45(29-34-51)43-24-26-44(27-25-43)46-30-35-52(36-31-46)60-57-23-13-12-22-55(57)56-37-32-47-18-10-11-21-54(47)58(56)60/h1-40H. The highest BCUT2D eigenvalue weighted by Gasteiger charge is 2.17. The van der Waals surface area contributed by atoms with Crippen LogP contribution in [0.4, 0.5) is 17.1 Å². The van der Waals surface area contributed by atoms with Crippen LogP contribution in [-0.4, -0.2) is 4.57 Å². The average Bonchev–Trinajstić information content (AvgIpc) is 3.68. The Labute approximate surface area is 350 Å². The largest absolute Gasteiger partial charge is 0.310 e. The van der Waals surface area contributed by atoms with Crippen molar-refractivity contribution in [3.8, 4) is 50.2 Å².